The summed E-state index contributed by atoms with van der Waals surface area (Å²) >= 11 is 0. The van der Waals surface area contributed by atoms with Crippen LogP contribution in [0.3, 0.4) is 0 Å². The first kappa shape index (κ1) is 52.1. The van der Waals surface area contributed by atoms with Crippen LogP contribution in [-0.4, -0.2) is 34.9 Å². The molecule has 54 heavy (non-hydrogen) atoms. The van der Waals surface area contributed by atoms with Crippen molar-refractivity contribution >= 4 is 5.91 Å². The molecule has 4 heteroatoms. The number of aliphatic hydroxyl groups is 2. The van der Waals surface area contributed by atoms with E-state index in [1.54, 1.807) is 6.08 Å². The van der Waals surface area contributed by atoms with Crippen LogP contribution in [0.15, 0.2) is 60.8 Å². The van der Waals surface area contributed by atoms with Crippen molar-refractivity contribution in [2.24, 2.45) is 0 Å². The number of hydrogen-bond acceptors (Lipinski definition) is 3. The zero-order valence-electron chi connectivity index (χ0n) is 36.0. The second-order valence-corrected chi connectivity index (χ2v) is 15.8. The fourth-order valence-corrected chi connectivity index (χ4v) is 6.94. The quantitative estimate of drug-likeness (QED) is 0.0429. The number of amides is 1. The number of carbonyl (C=O) groups excluding carboxylic acids is 1. The molecule has 0 rings (SSSR count). The van der Waals surface area contributed by atoms with Crippen molar-refractivity contribution in [1.29, 1.82) is 0 Å². The molecule has 1 amide bonds. The Balaban J connectivity index is 3.29. The average molecular weight is 754 g/mol. The number of unbranched alkanes of at least 4 members (excludes halogenated alkanes) is 27. The van der Waals surface area contributed by atoms with E-state index in [4.69, 9.17) is 0 Å². The molecule has 3 N–H and O–H groups in total. The van der Waals surface area contributed by atoms with Crippen LogP contribution in [0.1, 0.15) is 232 Å². The molecular weight excluding hydrogens is 663 g/mol. The lowest BCUT2D eigenvalue weighted by atomic mass is 10.0. The van der Waals surface area contributed by atoms with Crippen LogP contribution in [0.25, 0.3) is 0 Å². The minimum absolute atomic E-state index is 0.0742. The van der Waals surface area contributed by atoms with Gasteiger partial charge in [-0.05, 0) is 51.4 Å². The van der Waals surface area contributed by atoms with E-state index in [0.29, 0.717) is 6.42 Å². The highest BCUT2D eigenvalue weighted by atomic mass is 16.3. The van der Waals surface area contributed by atoms with Crippen molar-refractivity contribution in [3.05, 3.63) is 60.8 Å². The number of rotatable bonds is 42. The van der Waals surface area contributed by atoms with Crippen molar-refractivity contribution in [3.8, 4) is 0 Å². The fourth-order valence-electron chi connectivity index (χ4n) is 6.94. The number of carbonyl (C=O) groups is 1. The van der Waals surface area contributed by atoms with E-state index in [9.17, 15) is 15.0 Å². The van der Waals surface area contributed by atoms with Gasteiger partial charge >= 0.3 is 0 Å². The molecule has 0 heterocycles. The summed E-state index contributed by atoms with van der Waals surface area (Å²) in [5.41, 5.74) is 0. The van der Waals surface area contributed by atoms with Crippen LogP contribution in [0.5, 0.6) is 0 Å². The van der Waals surface area contributed by atoms with Crippen molar-refractivity contribution < 1.29 is 15.0 Å². The lowest BCUT2D eigenvalue weighted by molar-refractivity contribution is -0.123. The van der Waals surface area contributed by atoms with Gasteiger partial charge in [0.2, 0.25) is 5.91 Å². The molecule has 0 saturated heterocycles. The third kappa shape index (κ3) is 41.3. The molecule has 0 saturated carbocycles. The van der Waals surface area contributed by atoms with E-state index in [2.05, 4.69) is 67.8 Å². The highest BCUT2D eigenvalue weighted by molar-refractivity contribution is 5.76. The number of aliphatic hydroxyl groups excluding tert-OH is 2. The molecule has 0 spiro atoms. The Bertz CT molecular complexity index is 904. The Morgan fingerprint density at radius 1 is 0.463 bits per heavy atom. The molecular formula is C50H91NO3. The Labute approximate surface area is 336 Å². The second kappa shape index (κ2) is 45.5. The van der Waals surface area contributed by atoms with Gasteiger partial charge in [0.1, 0.15) is 0 Å². The minimum atomic E-state index is -0.833. The topological polar surface area (TPSA) is 69.6 Å². The summed E-state index contributed by atoms with van der Waals surface area (Å²) in [5, 5.41) is 22.4. The zero-order chi connectivity index (χ0) is 39.3. The van der Waals surface area contributed by atoms with Gasteiger partial charge in [0.05, 0.1) is 18.8 Å². The first-order chi connectivity index (χ1) is 26.7. The largest absolute Gasteiger partial charge is 0.394 e. The van der Waals surface area contributed by atoms with Crippen molar-refractivity contribution in [1.82, 2.24) is 5.32 Å². The number of hydrogen-bond donors (Lipinski definition) is 3. The Morgan fingerprint density at radius 2 is 0.815 bits per heavy atom. The van der Waals surface area contributed by atoms with E-state index in [1.807, 2.05) is 6.08 Å². The predicted molar refractivity (Wildman–Crippen MR) is 239 cm³/mol. The smallest absolute Gasteiger partial charge is 0.220 e. The first-order valence-electron chi connectivity index (χ1n) is 23.5. The number of allylic oxidation sites excluding steroid dienone is 9. The van der Waals surface area contributed by atoms with Gasteiger partial charge in [-0.2, -0.15) is 0 Å². The third-order valence-corrected chi connectivity index (χ3v) is 10.5. The predicted octanol–water partition coefficient (Wildman–Crippen LogP) is 14.9. The first-order valence-corrected chi connectivity index (χ1v) is 23.5. The molecule has 0 aromatic rings. The lowest BCUT2D eigenvalue weighted by Crippen LogP contribution is -2.45. The molecule has 0 aromatic heterocycles. The van der Waals surface area contributed by atoms with Crippen molar-refractivity contribution in [2.45, 2.75) is 244 Å². The van der Waals surface area contributed by atoms with Crippen LogP contribution in [0, 0.1) is 0 Å². The fraction of sp³-hybridized carbons (Fsp3) is 0.780. The molecule has 2 atom stereocenters. The Hall–Kier alpha value is -1.91. The van der Waals surface area contributed by atoms with Crippen molar-refractivity contribution in [3.63, 3.8) is 0 Å². The maximum Gasteiger partial charge on any atom is 0.220 e. The zero-order valence-corrected chi connectivity index (χ0v) is 36.0. The molecule has 0 aliphatic heterocycles. The summed E-state index contributed by atoms with van der Waals surface area (Å²) in [6, 6.07) is -0.616. The summed E-state index contributed by atoms with van der Waals surface area (Å²) in [5.74, 6) is -0.0742. The summed E-state index contributed by atoms with van der Waals surface area (Å²) in [6.07, 6.45) is 64.4. The van der Waals surface area contributed by atoms with Crippen LogP contribution >= 0.6 is 0 Å². The van der Waals surface area contributed by atoms with Gasteiger partial charge < -0.3 is 15.5 Å². The Kier molecular flexibility index (Phi) is 43.9. The highest BCUT2D eigenvalue weighted by Crippen LogP contribution is 2.16. The standard InChI is InChI=1S/C50H91NO3/c1-3-5-7-8-9-10-11-12-13-14-15-16-17-18-19-20-21-22-23-24-25-26-27-28-29-30-31-32-33-34-35-36-37-38-39-40-41-42-44-46-50(54)51-48(47-52)49(53)45-43-6-4-2/h5,7,9-10,12-13,15-16,43,45,48-49,52-53H,3-4,6,8,11,14,17-42,44,46-47H2,1-2H3,(H,51,54)/b7-5-,10-9-,13-12-,16-15-,45-43+. The minimum Gasteiger partial charge on any atom is -0.394 e. The lowest BCUT2D eigenvalue weighted by Gasteiger charge is -2.19. The summed E-state index contributed by atoms with van der Waals surface area (Å²) < 4.78 is 0. The maximum absolute atomic E-state index is 12.2. The van der Waals surface area contributed by atoms with Gasteiger partial charge in [0.15, 0.2) is 0 Å². The van der Waals surface area contributed by atoms with Gasteiger partial charge in [-0.3, -0.25) is 4.79 Å². The monoisotopic (exact) mass is 754 g/mol. The summed E-state index contributed by atoms with van der Waals surface area (Å²) in [7, 11) is 0. The number of nitrogens with one attached hydrogen (secondary N) is 1. The second-order valence-electron chi connectivity index (χ2n) is 15.8. The maximum atomic E-state index is 12.2. The average Bonchev–Trinajstić information content (AvgIpc) is 3.17. The normalized spacial score (nSPS) is 13.5. The van der Waals surface area contributed by atoms with E-state index in [-0.39, 0.29) is 12.5 Å². The van der Waals surface area contributed by atoms with Gasteiger partial charge in [0.25, 0.3) is 0 Å². The third-order valence-electron chi connectivity index (χ3n) is 10.5. The summed E-state index contributed by atoms with van der Waals surface area (Å²) in [4.78, 5) is 12.2. The van der Waals surface area contributed by atoms with Gasteiger partial charge in [-0.25, -0.2) is 0 Å². The molecule has 2 unspecified atom stereocenters. The molecule has 4 nitrogen and oxygen atoms in total. The Morgan fingerprint density at radius 3 is 1.19 bits per heavy atom. The molecule has 0 bridgehead atoms. The highest BCUT2D eigenvalue weighted by Gasteiger charge is 2.17. The molecule has 0 fully saturated rings. The van der Waals surface area contributed by atoms with E-state index >= 15 is 0 Å². The van der Waals surface area contributed by atoms with E-state index in [1.165, 1.54) is 161 Å². The molecule has 0 aliphatic carbocycles. The van der Waals surface area contributed by atoms with Gasteiger partial charge in [0, 0.05) is 6.42 Å². The molecule has 314 valence electrons. The van der Waals surface area contributed by atoms with E-state index in [0.717, 1.165) is 51.4 Å². The van der Waals surface area contributed by atoms with Crippen LogP contribution in [-0.2, 0) is 4.79 Å². The molecule has 0 radical (unpaired) electrons. The van der Waals surface area contributed by atoms with Crippen LogP contribution in [0.2, 0.25) is 0 Å². The van der Waals surface area contributed by atoms with E-state index < -0.39 is 12.1 Å². The molecule has 0 aromatic carbocycles. The van der Waals surface area contributed by atoms with Crippen molar-refractivity contribution in [2.75, 3.05) is 6.61 Å². The van der Waals surface area contributed by atoms with Gasteiger partial charge in [-0.15, -0.1) is 0 Å². The van der Waals surface area contributed by atoms with Gasteiger partial charge in [-0.1, -0.05) is 235 Å². The van der Waals surface area contributed by atoms with Crippen LogP contribution < -0.4 is 5.32 Å². The van der Waals surface area contributed by atoms with Crippen LogP contribution in [0.4, 0.5) is 0 Å². The summed E-state index contributed by atoms with van der Waals surface area (Å²) in [6.45, 7) is 4.00. The SMILES string of the molecule is CC/C=C\C/C=C\C/C=C\C/C=C\CCCCCCCCCCCCCCCCCCCCCCCCCCCCC(=O)NC(CO)C(O)/C=C/CCC. The molecule has 0 aliphatic rings.